The Hall–Kier alpha value is -6.69. The predicted octanol–water partition coefficient (Wildman–Crippen LogP) is 8.09. The van der Waals surface area contributed by atoms with Gasteiger partial charge in [-0.15, -0.1) is 0 Å². The Labute approximate surface area is 349 Å². The van der Waals surface area contributed by atoms with E-state index in [1.165, 1.54) is 4.90 Å². The molecule has 6 aromatic rings. The van der Waals surface area contributed by atoms with Gasteiger partial charge >= 0.3 is 5.97 Å². The second-order valence-electron chi connectivity index (χ2n) is 14.3. The highest BCUT2D eigenvalue weighted by molar-refractivity contribution is 6.42. The predicted molar refractivity (Wildman–Crippen MR) is 222 cm³/mol. The number of nitrogens with one attached hydrogen (secondary N) is 2. The lowest BCUT2D eigenvalue weighted by Gasteiger charge is -2.37. The number of aliphatic carboxylic acids is 1. The second-order valence-corrected chi connectivity index (χ2v) is 15.1. The number of carbonyl (C=O) groups excluding carboxylic acids is 3. The lowest BCUT2D eigenvalue weighted by Crippen LogP contribution is -2.56. The number of carboxylic acid groups (broad SMARTS) is 1. The Morgan fingerprint density at radius 2 is 1.56 bits per heavy atom. The molecule has 3 atom stereocenters. The molecule has 1 unspecified atom stereocenters. The number of fused-ring (bicyclic) bond motifs is 2. The number of ether oxygens (including phenoxy) is 2. The highest BCUT2D eigenvalue weighted by Crippen LogP contribution is 2.40. The van der Waals surface area contributed by atoms with Gasteiger partial charge in [0.25, 0.3) is 11.8 Å². The molecule has 3 N–H and O–H groups in total. The molecule has 5 aromatic carbocycles. The summed E-state index contributed by atoms with van der Waals surface area (Å²) >= 11 is 12.2. The first-order valence-electron chi connectivity index (χ1n) is 18.8. The summed E-state index contributed by atoms with van der Waals surface area (Å²) in [6, 6.07) is 33.3. The van der Waals surface area contributed by atoms with Crippen molar-refractivity contribution in [1.82, 2.24) is 15.2 Å². The number of carbonyl (C=O) groups is 4. The smallest absolute Gasteiger partial charge is 0.326 e. The molecular formula is C46H36Cl2N4O7. The summed E-state index contributed by atoms with van der Waals surface area (Å²) in [5, 5.41) is 16.8. The summed E-state index contributed by atoms with van der Waals surface area (Å²) in [6.07, 6.45) is 2.53. The molecule has 2 aliphatic heterocycles. The van der Waals surface area contributed by atoms with Crippen molar-refractivity contribution in [2.24, 2.45) is 0 Å². The summed E-state index contributed by atoms with van der Waals surface area (Å²) in [5.74, 6) is -1.60. The molecule has 0 saturated carbocycles. The maximum absolute atomic E-state index is 14.1. The van der Waals surface area contributed by atoms with E-state index in [-0.39, 0.29) is 37.8 Å². The number of rotatable bonds is 11. The fourth-order valence-corrected chi connectivity index (χ4v) is 7.54. The molecule has 13 heteroatoms. The van der Waals surface area contributed by atoms with Crippen LogP contribution in [0.25, 0.3) is 11.1 Å². The minimum absolute atomic E-state index is 0.0279. The molecule has 0 aliphatic carbocycles. The molecule has 2 aliphatic rings. The van der Waals surface area contributed by atoms with Gasteiger partial charge in [-0.05, 0) is 94.0 Å². The first-order valence-corrected chi connectivity index (χ1v) is 19.5. The second kappa shape index (κ2) is 17.0. The number of hydrogen-bond acceptors (Lipinski definition) is 7. The Morgan fingerprint density at radius 1 is 0.847 bits per heavy atom. The molecule has 0 radical (unpaired) electrons. The van der Waals surface area contributed by atoms with E-state index in [0.29, 0.717) is 49.5 Å². The van der Waals surface area contributed by atoms with E-state index in [1.54, 1.807) is 91.3 Å². The molecule has 0 spiro atoms. The first kappa shape index (κ1) is 39.2. The van der Waals surface area contributed by atoms with Crippen LogP contribution in [0.15, 0.2) is 134 Å². The van der Waals surface area contributed by atoms with Crippen LogP contribution < -0.4 is 20.1 Å². The van der Waals surface area contributed by atoms with Crippen LogP contribution >= 0.6 is 23.2 Å². The van der Waals surface area contributed by atoms with Crippen LogP contribution in [0.1, 0.15) is 44.3 Å². The number of hydrogen-bond donors (Lipinski definition) is 3. The average Bonchev–Trinajstić information content (AvgIpc) is 3.26. The van der Waals surface area contributed by atoms with Gasteiger partial charge in [0.2, 0.25) is 12.0 Å². The normalized spacial score (nSPS) is 16.1. The van der Waals surface area contributed by atoms with E-state index < -0.39 is 30.1 Å². The van der Waals surface area contributed by atoms with Crippen LogP contribution in [0.2, 0.25) is 10.0 Å². The van der Waals surface area contributed by atoms with E-state index in [0.717, 1.165) is 22.3 Å². The summed E-state index contributed by atoms with van der Waals surface area (Å²) in [5.41, 5.74) is 6.31. The number of nitrogens with zero attached hydrogens (tertiary/aromatic N) is 2. The molecule has 8 rings (SSSR count). The SMILES string of the molecule is O=C1Nc2cc3c(cc2OC1c1ccc(OCc2ccc(Cl)c(Cl)c2)cc1)CN(C(=O)c1ccccc1)[C@H](C(=O)N[C@@H](Cc1ccc(-c2ccncc2)cc1)C(=O)O)C3. The maximum atomic E-state index is 14.1. The molecule has 11 nitrogen and oxygen atoms in total. The van der Waals surface area contributed by atoms with E-state index in [2.05, 4.69) is 15.6 Å². The van der Waals surface area contributed by atoms with Gasteiger partial charge in [0, 0.05) is 42.9 Å². The van der Waals surface area contributed by atoms with Crippen LogP contribution in [0.3, 0.4) is 0 Å². The summed E-state index contributed by atoms with van der Waals surface area (Å²) in [4.78, 5) is 59.6. The summed E-state index contributed by atoms with van der Waals surface area (Å²) in [6.45, 7) is 0.305. The molecule has 3 heterocycles. The number of aromatic nitrogens is 1. The summed E-state index contributed by atoms with van der Waals surface area (Å²) < 4.78 is 12.2. The number of anilines is 1. The maximum Gasteiger partial charge on any atom is 0.326 e. The Bertz CT molecular complexity index is 2540. The number of halogens is 2. The van der Waals surface area contributed by atoms with Gasteiger partial charge in [-0.25, -0.2) is 4.79 Å². The monoisotopic (exact) mass is 826 g/mol. The van der Waals surface area contributed by atoms with E-state index in [9.17, 15) is 24.3 Å². The lowest BCUT2D eigenvalue weighted by atomic mass is 9.91. The average molecular weight is 828 g/mol. The van der Waals surface area contributed by atoms with Crippen molar-refractivity contribution in [3.8, 4) is 22.6 Å². The van der Waals surface area contributed by atoms with Crippen LogP contribution in [0.5, 0.6) is 11.5 Å². The molecule has 0 fully saturated rings. The van der Waals surface area contributed by atoms with Gasteiger partial charge in [-0.3, -0.25) is 19.4 Å². The molecule has 1 aromatic heterocycles. The zero-order chi connectivity index (χ0) is 41.0. The number of benzene rings is 5. The van der Waals surface area contributed by atoms with Crippen molar-refractivity contribution >= 4 is 52.6 Å². The highest BCUT2D eigenvalue weighted by atomic mass is 35.5. The number of amides is 3. The fraction of sp³-hybridized carbons (Fsp3) is 0.152. The van der Waals surface area contributed by atoms with Crippen molar-refractivity contribution in [1.29, 1.82) is 0 Å². The number of carboxylic acids is 1. The first-order chi connectivity index (χ1) is 28.6. The minimum Gasteiger partial charge on any atom is -0.489 e. The Balaban J connectivity index is 0.997. The standard InChI is InChI=1S/C46H36Cl2N4O7/c47-36-15-8-28(20-37(36)48)26-58-35-13-11-31(12-14-35)42-44(54)50-38-22-33-23-40(52(25-34(33)24-41(38)59-42)45(55)32-4-2-1-3-5-32)43(53)51-39(46(56)57)21-27-6-9-29(10-7-27)30-16-18-49-19-17-30/h1-20,22,24,39-40,42H,21,23,25-26H2,(H,50,54)(H,51,53)(H,56,57)/t39-,40-,42?/m0/s1. The van der Waals surface area contributed by atoms with Crippen LogP contribution in [-0.2, 0) is 40.4 Å². The van der Waals surface area contributed by atoms with Gasteiger partial charge in [0.05, 0.1) is 15.7 Å². The fourth-order valence-electron chi connectivity index (χ4n) is 7.22. The van der Waals surface area contributed by atoms with E-state index in [1.807, 2.05) is 42.5 Å². The minimum atomic E-state index is -1.26. The lowest BCUT2D eigenvalue weighted by molar-refractivity contribution is -0.142. The van der Waals surface area contributed by atoms with Crippen LogP contribution in [-0.4, -0.2) is 50.8 Å². The zero-order valence-electron chi connectivity index (χ0n) is 31.3. The zero-order valence-corrected chi connectivity index (χ0v) is 32.8. The van der Waals surface area contributed by atoms with Crippen molar-refractivity contribution in [2.75, 3.05) is 5.32 Å². The van der Waals surface area contributed by atoms with Crippen molar-refractivity contribution in [3.63, 3.8) is 0 Å². The topological polar surface area (TPSA) is 147 Å². The molecular weight excluding hydrogens is 791 g/mol. The van der Waals surface area contributed by atoms with Crippen LogP contribution in [0.4, 0.5) is 5.69 Å². The van der Waals surface area contributed by atoms with Gasteiger partial charge in [-0.1, -0.05) is 83.9 Å². The Morgan fingerprint density at radius 3 is 2.27 bits per heavy atom. The third-order valence-electron chi connectivity index (χ3n) is 10.4. The molecule has 296 valence electrons. The quantitative estimate of drug-likeness (QED) is 0.119. The molecule has 3 amide bonds. The van der Waals surface area contributed by atoms with Gasteiger partial charge in [0.15, 0.2) is 0 Å². The van der Waals surface area contributed by atoms with E-state index in [4.69, 9.17) is 32.7 Å². The van der Waals surface area contributed by atoms with Gasteiger partial charge in [0.1, 0.15) is 30.2 Å². The molecule has 59 heavy (non-hydrogen) atoms. The summed E-state index contributed by atoms with van der Waals surface area (Å²) in [7, 11) is 0. The largest absolute Gasteiger partial charge is 0.489 e. The van der Waals surface area contributed by atoms with Crippen molar-refractivity contribution in [3.05, 3.63) is 177 Å². The van der Waals surface area contributed by atoms with Crippen LogP contribution in [0, 0.1) is 0 Å². The van der Waals surface area contributed by atoms with Gasteiger partial charge < -0.3 is 30.1 Å². The van der Waals surface area contributed by atoms with Crippen molar-refractivity contribution < 1.29 is 33.8 Å². The Kier molecular flexibility index (Phi) is 11.3. The number of pyridine rings is 1. The molecule has 0 bridgehead atoms. The third-order valence-corrected chi connectivity index (χ3v) is 11.1. The van der Waals surface area contributed by atoms with E-state index >= 15 is 0 Å². The highest BCUT2D eigenvalue weighted by Gasteiger charge is 2.39. The van der Waals surface area contributed by atoms with Crippen molar-refractivity contribution in [2.45, 2.75) is 44.2 Å². The van der Waals surface area contributed by atoms with Gasteiger partial charge in [-0.2, -0.15) is 0 Å². The third kappa shape index (κ3) is 8.76. The molecule has 0 saturated heterocycles.